The Morgan fingerprint density at radius 1 is 1.33 bits per heavy atom. The first kappa shape index (κ1) is 20.0. The Balaban J connectivity index is 1.81. The smallest absolute Gasteiger partial charge is 0.260 e. The molecule has 0 spiro atoms. The number of fused-ring (bicyclic) bond motifs is 1. The Bertz CT molecular complexity index is 961. The zero-order valence-corrected chi connectivity index (χ0v) is 17.9. The molecule has 0 fully saturated rings. The topological polar surface area (TPSA) is 89.3 Å². The number of nitrogens with one attached hydrogen (secondary N) is 1. The van der Waals surface area contributed by atoms with Crippen molar-refractivity contribution < 1.29 is 0 Å². The molecule has 0 radical (unpaired) electrons. The summed E-state index contributed by atoms with van der Waals surface area (Å²) in [5.41, 5.74) is 1.11. The average Bonchev–Trinajstić information content (AvgIpc) is 3.22. The van der Waals surface area contributed by atoms with Crippen LogP contribution in [0.3, 0.4) is 0 Å². The maximum atomic E-state index is 12.7. The van der Waals surface area contributed by atoms with Crippen molar-refractivity contribution >= 4 is 33.3 Å². The van der Waals surface area contributed by atoms with Gasteiger partial charge in [0.25, 0.3) is 5.56 Å². The van der Waals surface area contributed by atoms with Crippen molar-refractivity contribution in [2.75, 3.05) is 0 Å². The lowest BCUT2D eigenvalue weighted by Gasteiger charge is -2.08. The van der Waals surface area contributed by atoms with Gasteiger partial charge in [-0.15, -0.1) is 16.4 Å². The molecule has 0 aliphatic rings. The van der Waals surface area contributed by atoms with Gasteiger partial charge in [0.2, 0.25) is 0 Å². The molecule has 3 aromatic rings. The molecule has 0 bridgehead atoms. The number of aryl methyl sites for hydroxylation is 2. The van der Waals surface area contributed by atoms with E-state index in [0.717, 1.165) is 53.8 Å². The van der Waals surface area contributed by atoms with Crippen molar-refractivity contribution in [3.05, 3.63) is 26.6 Å². The summed E-state index contributed by atoms with van der Waals surface area (Å²) >= 11 is 3.07. The molecule has 3 rings (SSSR count). The van der Waals surface area contributed by atoms with Crippen LogP contribution in [-0.2, 0) is 18.7 Å². The third-order valence-corrected chi connectivity index (χ3v) is 6.67. The molecule has 3 heterocycles. The molecule has 0 aliphatic heterocycles. The Labute approximate surface area is 167 Å². The van der Waals surface area contributed by atoms with E-state index >= 15 is 0 Å². The van der Waals surface area contributed by atoms with Crippen LogP contribution in [0.4, 0.5) is 0 Å². The molecule has 146 valence electrons. The minimum atomic E-state index is -0.0456. The van der Waals surface area contributed by atoms with E-state index in [1.807, 2.05) is 4.68 Å². The third kappa shape index (κ3) is 4.57. The number of hydrogen-bond donors (Lipinski definition) is 1. The summed E-state index contributed by atoms with van der Waals surface area (Å²) in [4.78, 5) is 22.4. The molecular formula is C18H26N6OS2. The normalized spacial score (nSPS) is 12.7. The van der Waals surface area contributed by atoms with Crippen LogP contribution in [0.5, 0.6) is 0 Å². The van der Waals surface area contributed by atoms with Crippen LogP contribution >= 0.6 is 23.1 Å². The lowest BCUT2D eigenvalue weighted by atomic mass is 9.98. The molecule has 27 heavy (non-hydrogen) atoms. The van der Waals surface area contributed by atoms with Crippen LogP contribution in [-0.4, -0.2) is 30.2 Å². The van der Waals surface area contributed by atoms with Crippen molar-refractivity contribution in [3.63, 3.8) is 0 Å². The second-order valence-corrected chi connectivity index (χ2v) is 9.03. The third-order valence-electron chi connectivity index (χ3n) is 4.76. The van der Waals surface area contributed by atoms with Gasteiger partial charge in [0.05, 0.1) is 11.1 Å². The van der Waals surface area contributed by atoms with Gasteiger partial charge < -0.3 is 4.98 Å². The summed E-state index contributed by atoms with van der Waals surface area (Å²) in [6, 6.07) is 0. The highest BCUT2D eigenvalue weighted by Crippen LogP contribution is 2.30. The first-order chi connectivity index (χ1) is 13.0. The van der Waals surface area contributed by atoms with Crippen molar-refractivity contribution in [2.24, 2.45) is 5.92 Å². The number of rotatable bonds is 9. The molecule has 1 N–H and O–H groups in total. The Morgan fingerprint density at radius 3 is 2.89 bits per heavy atom. The van der Waals surface area contributed by atoms with E-state index in [4.69, 9.17) is 4.98 Å². The van der Waals surface area contributed by atoms with Crippen LogP contribution in [0.15, 0.2) is 9.95 Å². The molecule has 7 nitrogen and oxygen atoms in total. The monoisotopic (exact) mass is 406 g/mol. The number of hydrogen-bond acceptors (Lipinski definition) is 7. The van der Waals surface area contributed by atoms with Gasteiger partial charge in [-0.1, -0.05) is 45.4 Å². The van der Waals surface area contributed by atoms with Gasteiger partial charge in [-0.25, -0.2) is 9.67 Å². The first-order valence-corrected chi connectivity index (χ1v) is 11.2. The number of H-pyrrole nitrogens is 1. The molecule has 3 aromatic heterocycles. The summed E-state index contributed by atoms with van der Waals surface area (Å²) < 4.78 is 1.83. The van der Waals surface area contributed by atoms with E-state index in [0.29, 0.717) is 16.8 Å². The fraction of sp³-hybridized carbons (Fsp3) is 0.611. The molecule has 0 saturated carbocycles. The van der Waals surface area contributed by atoms with E-state index in [1.54, 1.807) is 11.3 Å². The Morgan fingerprint density at radius 2 is 2.15 bits per heavy atom. The van der Waals surface area contributed by atoms with Gasteiger partial charge >= 0.3 is 0 Å². The average molecular weight is 407 g/mol. The van der Waals surface area contributed by atoms with Crippen LogP contribution in [0.2, 0.25) is 0 Å². The fourth-order valence-corrected chi connectivity index (χ4v) is 4.81. The largest absolute Gasteiger partial charge is 0.301 e. The highest BCUT2D eigenvalue weighted by Gasteiger charge is 2.17. The van der Waals surface area contributed by atoms with Crippen LogP contribution in [0.25, 0.3) is 10.2 Å². The van der Waals surface area contributed by atoms with Gasteiger partial charge in [0.15, 0.2) is 11.0 Å². The molecule has 9 heteroatoms. The Hall–Kier alpha value is -1.74. The molecule has 0 aliphatic carbocycles. The number of thiophene rings is 1. The van der Waals surface area contributed by atoms with Crippen molar-refractivity contribution in [1.29, 1.82) is 0 Å². The number of thioether (sulfide) groups is 1. The quantitative estimate of drug-likeness (QED) is 0.427. The molecule has 1 atom stereocenters. The zero-order valence-electron chi connectivity index (χ0n) is 16.3. The van der Waals surface area contributed by atoms with Gasteiger partial charge in [-0.05, 0) is 41.7 Å². The van der Waals surface area contributed by atoms with E-state index in [-0.39, 0.29) is 5.56 Å². The fourth-order valence-electron chi connectivity index (χ4n) is 2.90. The highest BCUT2D eigenvalue weighted by molar-refractivity contribution is 7.98. The number of unbranched alkanes of at least 4 members (excludes halogenated alkanes) is 1. The summed E-state index contributed by atoms with van der Waals surface area (Å²) in [7, 11) is 0. The van der Waals surface area contributed by atoms with Crippen molar-refractivity contribution in [1.82, 2.24) is 30.2 Å². The Kier molecular flexibility index (Phi) is 6.64. The van der Waals surface area contributed by atoms with Crippen LogP contribution < -0.4 is 5.56 Å². The number of tetrazole rings is 1. The van der Waals surface area contributed by atoms with Crippen LogP contribution in [0, 0.1) is 12.8 Å². The van der Waals surface area contributed by atoms with Gasteiger partial charge in [0, 0.05) is 11.4 Å². The highest BCUT2D eigenvalue weighted by atomic mass is 32.2. The van der Waals surface area contributed by atoms with Gasteiger partial charge in [0.1, 0.15) is 4.83 Å². The molecular weight excluding hydrogens is 380 g/mol. The van der Waals surface area contributed by atoms with E-state index in [9.17, 15) is 4.79 Å². The maximum absolute atomic E-state index is 12.7. The van der Waals surface area contributed by atoms with E-state index < -0.39 is 0 Å². The number of aromatic amines is 1. The summed E-state index contributed by atoms with van der Waals surface area (Å²) in [6.07, 6.45) is 4.15. The van der Waals surface area contributed by atoms with Crippen LogP contribution in [0.1, 0.15) is 56.3 Å². The zero-order chi connectivity index (χ0) is 19.4. The lowest BCUT2D eigenvalue weighted by molar-refractivity contribution is 0.540. The standard InChI is InChI=1S/C18H26N6OS2/c1-5-7-8-24-14(21-22-23-24)10-26-18-19-16(25)15-13(9-11(3)6-2)12(4)27-17(15)20-18/h11H,5-10H2,1-4H3,(H,19,20,25)/t11-/m1/s1. The predicted octanol–water partition coefficient (Wildman–Crippen LogP) is 3.96. The minimum Gasteiger partial charge on any atom is -0.301 e. The second-order valence-electron chi connectivity index (χ2n) is 6.87. The number of aromatic nitrogens is 6. The minimum absolute atomic E-state index is 0.0456. The van der Waals surface area contributed by atoms with Gasteiger partial charge in [-0.3, -0.25) is 4.79 Å². The predicted molar refractivity (Wildman–Crippen MR) is 110 cm³/mol. The molecule has 0 aromatic carbocycles. The van der Waals surface area contributed by atoms with Crippen molar-refractivity contribution in [2.45, 2.75) is 70.8 Å². The second kappa shape index (κ2) is 8.97. The number of nitrogens with zero attached hydrogens (tertiary/aromatic N) is 5. The summed E-state index contributed by atoms with van der Waals surface area (Å²) in [5, 5.41) is 13.3. The molecule has 0 amide bonds. The van der Waals surface area contributed by atoms with Crippen molar-refractivity contribution in [3.8, 4) is 0 Å². The maximum Gasteiger partial charge on any atom is 0.260 e. The molecule has 0 unspecified atom stereocenters. The first-order valence-electron chi connectivity index (χ1n) is 9.43. The molecule has 0 saturated heterocycles. The van der Waals surface area contributed by atoms with E-state index in [2.05, 4.69) is 48.2 Å². The summed E-state index contributed by atoms with van der Waals surface area (Å²) in [6.45, 7) is 9.43. The van der Waals surface area contributed by atoms with Gasteiger partial charge in [-0.2, -0.15) is 0 Å². The van der Waals surface area contributed by atoms with E-state index in [1.165, 1.54) is 16.6 Å². The lowest BCUT2D eigenvalue weighted by Crippen LogP contribution is -2.11. The SMILES string of the molecule is CCCCn1nnnc1CSc1nc2sc(C)c(C[C@H](C)CC)c2c(=O)[nH]1. The summed E-state index contributed by atoms with van der Waals surface area (Å²) in [5.74, 6) is 1.93.